The molecular formula is C26H22N2O5. The Kier molecular flexibility index (Phi) is 5.79. The lowest BCUT2D eigenvalue weighted by Gasteiger charge is -2.16. The first-order chi connectivity index (χ1) is 15.8. The smallest absolute Gasteiger partial charge is 0.340 e. The molecule has 7 heteroatoms. The van der Waals surface area contributed by atoms with Crippen LogP contribution in [0.25, 0.3) is 27.7 Å². The fraction of sp³-hybridized carbons (Fsp3) is 0.154. The third-order valence-electron chi connectivity index (χ3n) is 5.54. The number of methoxy groups -OCH3 is 2. The van der Waals surface area contributed by atoms with E-state index in [0.717, 1.165) is 0 Å². The number of aromatic nitrogens is 2. The van der Waals surface area contributed by atoms with E-state index in [-0.39, 0.29) is 16.9 Å². The van der Waals surface area contributed by atoms with Gasteiger partial charge in [0.2, 0.25) is 0 Å². The third-order valence-corrected chi connectivity index (χ3v) is 5.54. The minimum Gasteiger partial charge on any atom is -0.497 e. The molecule has 0 aliphatic carbocycles. The first-order valence-electron chi connectivity index (χ1n) is 10.3. The van der Waals surface area contributed by atoms with Crippen LogP contribution in [0.5, 0.6) is 5.75 Å². The highest BCUT2D eigenvalue weighted by molar-refractivity contribution is 6.07. The Labute approximate surface area is 190 Å². The van der Waals surface area contributed by atoms with Gasteiger partial charge in [0.05, 0.1) is 36.4 Å². The Bertz CT molecular complexity index is 1440. The van der Waals surface area contributed by atoms with Gasteiger partial charge in [0.25, 0.3) is 5.56 Å². The van der Waals surface area contributed by atoms with Crippen LogP contribution in [0, 0.1) is 6.92 Å². The van der Waals surface area contributed by atoms with Gasteiger partial charge in [0, 0.05) is 23.0 Å². The van der Waals surface area contributed by atoms with Crippen molar-refractivity contribution in [2.45, 2.75) is 13.8 Å². The number of ketones is 1. The maximum absolute atomic E-state index is 13.7. The first kappa shape index (κ1) is 22.0. The van der Waals surface area contributed by atoms with Crippen molar-refractivity contribution in [2.75, 3.05) is 14.2 Å². The van der Waals surface area contributed by atoms with Crippen molar-refractivity contribution in [1.82, 2.24) is 9.55 Å². The molecule has 4 aromatic rings. The van der Waals surface area contributed by atoms with E-state index in [9.17, 15) is 14.4 Å². The van der Waals surface area contributed by atoms with Crippen molar-refractivity contribution in [1.29, 1.82) is 0 Å². The maximum Gasteiger partial charge on any atom is 0.340 e. The number of nitrogens with zero attached hydrogens (tertiary/aromatic N) is 2. The summed E-state index contributed by atoms with van der Waals surface area (Å²) in [5.74, 6) is 0.0151. The van der Waals surface area contributed by atoms with Crippen LogP contribution in [-0.4, -0.2) is 35.5 Å². The van der Waals surface area contributed by atoms with Crippen molar-refractivity contribution in [3.05, 3.63) is 88.0 Å². The van der Waals surface area contributed by atoms with E-state index in [1.54, 1.807) is 74.8 Å². The number of carbonyl (C=O) groups excluding carboxylic acids is 2. The minimum atomic E-state index is -0.576. The highest BCUT2D eigenvalue weighted by atomic mass is 16.5. The summed E-state index contributed by atoms with van der Waals surface area (Å²) in [6, 6.07) is 15.6. The van der Waals surface area contributed by atoms with Gasteiger partial charge in [-0.3, -0.25) is 19.1 Å². The molecule has 166 valence electrons. The number of benzene rings is 2. The van der Waals surface area contributed by atoms with Gasteiger partial charge in [-0.05, 0) is 61.9 Å². The summed E-state index contributed by atoms with van der Waals surface area (Å²) in [6.45, 7) is 3.20. The van der Waals surface area contributed by atoms with Gasteiger partial charge < -0.3 is 9.47 Å². The van der Waals surface area contributed by atoms with Crippen molar-refractivity contribution in [2.24, 2.45) is 0 Å². The molecule has 0 radical (unpaired) electrons. The predicted molar refractivity (Wildman–Crippen MR) is 125 cm³/mol. The number of pyridine rings is 2. The standard InChI is InChI=1S/C26H22N2O5/c1-15-22(26(31)33-4)23(18-7-11-20(32-3)12-8-18)24-21(27-15)13-14-28(25(24)30)19-9-5-17(6-10-19)16(2)29/h5-14H,1-4H3. The second-order valence-corrected chi connectivity index (χ2v) is 7.52. The first-order valence-corrected chi connectivity index (χ1v) is 10.3. The number of esters is 1. The van der Waals surface area contributed by atoms with Crippen LogP contribution in [0.1, 0.15) is 33.3 Å². The molecule has 0 spiro atoms. The lowest BCUT2D eigenvalue weighted by atomic mass is 9.95. The molecule has 2 aromatic carbocycles. The van der Waals surface area contributed by atoms with E-state index in [1.165, 1.54) is 18.6 Å². The number of fused-ring (bicyclic) bond motifs is 1. The molecular weight excluding hydrogens is 420 g/mol. The van der Waals surface area contributed by atoms with Crippen LogP contribution in [0.4, 0.5) is 0 Å². The second kappa shape index (κ2) is 8.70. The summed E-state index contributed by atoms with van der Waals surface area (Å²) >= 11 is 0. The number of hydrogen-bond acceptors (Lipinski definition) is 6. The van der Waals surface area contributed by atoms with Crippen molar-refractivity contribution in [3.63, 3.8) is 0 Å². The van der Waals surface area contributed by atoms with Gasteiger partial charge in [-0.15, -0.1) is 0 Å². The second-order valence-electron chi connectivity index (χ2n) is 7.52. The van der Waals surface area contributed by atoms with Crippen LogP contribution in [0.3, 0.4) is 0 Å². The van der Waals surface area contributed by atoms with Gasteiger partial charge >= 0.3 is 5.97 Å². The highest BCUT2D eigenvalue weighted by Gasteiger charge is 2.23. The van der Waals surface area contributed by atoms with Crippen molar-refractivity contribution >= 4 is 22.7 Å². The van der Waals surface area contributed by atoms with E-state index < -0.39 is 5.97 Å². The van der Waals surface area contributed by atoms with E-state index in [0.29, 0.717) is 44.7 Å². The van der Waals surface area contributed by atoms with Crippen molar-refractivity contribution < 1.29 is 19.1 Å². The van der Waals surface area contributed by atoms with Gasteiger partial charge in [-0.1, -0.05) is 12.1 Å². The maximum atomic E-state index is 13.7. The highest BCUT2D eigenvalue weighted by Crippen LogP contribution is 2.33. The molecule has 0 saturated carbocycles. The summed E-state index contributed by atoms with van der Waals surface area (Å²) in [7, 11) is 2.86. The summed E-state index contributed by atoms with van der Waals surface area (Å²) in [4.78, 5) is 42.6. The zero-order valence-corrected chi connectivity index (χ0v) is 18.7. The van der Waals surface area contributed by atoms with E-state index >= 15 is 0 Å². The molecule has 0 atom stereocenters. The lowest BCUT2D eigenvalue weighted by Crippen LogP contribution is -2.20. The summed E-state index contributed by atoms with van der Waals surface area (Å²) in [5.41, 5.74) is 3.07. The molecule has 0 aliphatic rings. The Balaban J connectivity index is 2.06. The molecule has 0 fully saturated rings. The molecule has 0 bridgehead atoms. The van der Waals surface area contributed by atoms with Crippen molar-refractivity contribution in [3.8, 4) is 22.6 Å². The van der Waals surface area contributed by atoms with Gasteiger partial charge in [0.15, 0.2) is 5.78 Å². The van der Waals surface area contributed by atoms with E-state index in [2.05, 4.69) is 4.98 Å². The monoisotopic (exact) mass is 442 g/mol. The Morgan fingerprint density at radius 2 is 1.61 bits per heavy atom. The number of Topliss-reactive ketones (excluding diaryl/α,β-unsaturated/α-hetero) is 1. The molecule has 0 saturated heterocycles. The number of ether oxygens (including phenoxy) is 2. The minimum absolute atomic E-state index is 0.0587. The summed E-state index contributed by atoms with van der Waals surface area (Å²) in [6.07, 6.45) is 1.63. The predicted octanol–water partition coefficient (Wildman–Crippen LogP) is 4.36. The largest absolute Gasteiger partial charge is 0.497 e. The zero-order valence-electron chi connectivity index (χ0n) is 18.7. The average molecular weight is 442 g/mol. The normalized spacial score (nSPS) is 10.8. The van der Waals surface area contributed by atoms with E-state index in [4.69, 9.17) is 9.47 Å². The molecule has 0 amide bonds. The number of rotatable bonds is 5. The van der Waals surface area contributed by atoms with Crippen LogP contribution < -0.4 is 10.3 Å². The third kappa shape index (κ3) is 3.89. The Morgan fingerprint density at radius 1 is 0.939 bits per heavy atom. The molecule has 0 aliphatic heterocycles. The fourth-order valence-corrected chi connectivity index (χ4v) is 3.86. The molecule has 4 rings (SSSR count). The number of aryl methyl sites for hydroxylation is 1. The summed E-state index contributed by atoms with van der Waals surface area (Å²) in [5, 5.41) is 0.296. The van der Waals surface area contributed by atoms with Gasteiger partial charge in [0.1, 0.15) is 5.75 Å². The zero-order chi connectivity index (χ0) is 23.7. The number of carbonyl (C=O) groups is 2. The van der Waals surface area contributed by atoms with Crippen LogP contribution >= 0.6 is 0 Å². The SMILES string of the molecule is COC(=O)c1c(C)nc2ccn(-c3ccc(C(C)=O)cc3)c(=O)c2c1-c1ccc(OC)cc1. The van der Waals surface area contributed by atoms with Crippen LogP contribution in [0.2, 0.25) is 0 Å². The molecule has 2 aromatic heterocycles. The molecule has 2 heterocycles. The summed E-state index contributed by atoms with van der Waals surface area (Å²) < 4.78 is 11.7. The number of hydrogen-bond donors (Lipinski definition) is 0. The molecule has 33 heavy (non-hydrogen) atoms. The van der Waals surface area contributed by atoms with Crippen LogP contribution in [0.15, 0.2) is 65.6 Å². The topological polar surface area (TPSA) is 87.5 Å². The van der Waals surface area contributed by atoms with E-state index in [1.807, 2.05) is 0 Å². The van der Waals surface area contributed by atoms with Crippen LogP contribution in [-0.2, 0) is 4.74 Å². The molecule has 7 nitrogen and oxygen atoms in total. The fourth-order valence-electron chi connectivity index (χ4n) is 3.86. The Morgan fingerprint density at radius 3 is 2.18 bits per heavy atom. The van der Waals surface area contributed by atoms with Gasteiger partial charge in [-0.25, -0.2) is 4.79 Å². The molecule has 0 unspecified atom stereocenters. The molecule has 0 N–H and O–H groups in total. The Hall–Kier alpha value is -4.26. The average Bonchev–Trinajstić information content (AvgIpc) is 2.83. The quantitative estimate of drug-likeness (QED) is 0.337. The van der Waals surface area contributed by atoms with Gasteiger partial charge in [-0.2, -0.15) is 0 Å². The lowest BCUT2D eigenvalue weighted by molar-refractivity contribution is 0.0600.